The molecule has 0 aliphatic heterocycles. The predicted molar refractivity (Wildman–Crippen MR) is 70.5 cm³/mol. The van der Waals surface area contributed by atoms with Gasteiger partial charge in [0.05, 0.1) is 0 Å². The topological polar surface area (TPSA) is 101 Å². The maximum absolute atomic E-state index is 12.2. The lowest BCUT2D eigenvalue weighted by atomic mass is 9.89. The Balaban J connectivity index is 3.08. The van der Waals surface area contributed by atoms with Gasteiger partial charge in [0, 0.05) is 23.8 Å². The van der Waals surface area contributed by atoms with Crippen LogP contribution in [-0.2, 0) is 16.6 Å². The van der Waals surface area contributed by atoms with Gasteiger partial charge in [0.15, 0.2) is 5.03 Å². The molecular formula is C11H22N4O2S. The number of aryl methyl sites for hydroxylation is 1. The molecule has 0 amide bonds. The highest BCUT2D eigenvalue weighted by atomic mass is 32.2. The maximum atomic E-state index is 12.2. The van der Waals surface area contributed by atoms with Gasteiger partial charge in [0.1, 0.15) is 0 Å². The van der Waals surface area contributed by atoms with Gasteiger partial charge >= 0.3 is 0 Å². The second kappa shape index (κ2) is 4.99. The molecule has 1 rings (SSSR count). The summed E-state index contributed by atoms with van der Waals surface area (Å²) in [5.74, 6) is 0. The summed E-state index contributed by atoms with van der Waals surface area (Å²) in [5.41, 5.74) is 6.60. The van der Waals surface area contributed by atoms with Crippen LogP contribution in [-0.4, -0.2) is 24.7 Å². The van der Waals surface area contributed by atoms with E-state index in [1.807, 2.05) is 27.7 Å². The van der Waals surface area contributed by atoms with Gasteiger partial charge in [-0.15, -0.1) is 0 Å². The van der Waals surface area contributed by atoms with E-state index in [9.17, 15) is 8.42 Å². The van der Waals surface area contributed by atoms with Crippen molar-refractivity contribution in [1.29, 1.82) is 0 Å². The molecule has 1 atom stereocenters. The molecule has 7 heteroatoms. The van der Waals surface area contributed by atoms with E-state index < -0.39 is 10.0 Å². The number of rotatable bonds is 4. The third-order valence-electron chi connectivity index (χ3n) is 3.13. The molecule has 1 aromatic heterocycles. The molecule has 1 unspecified atom stereocenters. The van der Waals surface area contributed by atoms with Crippen LogP contribution in [0.1, 0.15) is 39.0 Å². The van der Waals surface area contributed by atoms with Gasteiger partial charge in [0.2, 0.25) is 0 Å². The van der Waals surface area contributed by atoms with Crippen molar-refractivity contribution in [3.63, 3.8) is 0 Å². The molecule has 0 aliphatic rings. The molecule has 0 fully saturated rings. The standard InChI is InChI=1S/C11H22N4O2S/c1-7-9(6-12)10(14-13-7)18(16,17)15-8(2)11(3,4)5/h8,15H,6,12H2,1-5H3,(H,13,14). The quantitative estimate of drug-likeness (QED) is 0.759. The predicted octanol–water partition coefficient (Wildman–Crippen LogP) is 0.890. The number of nitrogens with zero attached hydrogens (tertiary/aromatic N) is 1. The van der Waals surface area contributed by atoms with E-state index >= 15 is 0 Å². The zero-order chi connectivity index (χ0) is 14.1. The summed E-state index contributed by atoms with van der Waals surface area (Å²) in [7, 11) is -3.64. The molecular weight excluding hydrogens is 252 g/mol. The summed E-state index contributed by atoms with van der Waals surface area (Å²) >= 11 is 0. The molecule has 0 spiro atoms. The van der Waals surface area contributed by atoms with E-state index in [0.29, 0.717) is 11.3 Å². The molecule has 1 aromatic rings. The summed E-state index contributed by atoms with van der Waals surface area (Å²) < 4.78 is 27.1. The van der Waals surface area contributed by atoms with Crippen LogP contribution in [0.2, 0.25) is 0 Å². The Bertz CT molecular complexity index is 514. The number of H-pyrrole nitrogens is 1. The number of hydrogen-bond donors (Lipinski definition) is 3. The lowest BCUT2D eigenvalue weighted by Gasteiger charge is -2.27. The van der Waals surface area contributed by atoms with E-state index in [2.05, 4.69) is 14.9 Å². The molecule has 0 radical (unpaired) electrons. The van der Waals surface area contributed by atoms with Crippen molar-refractivity contribution in [2.75, 3.05) is 0 Å². The highest BCUT2D eigenvalue weighted by Crippen LogP contribution is 2.22. The molecule has 0 bridgehead atoms. The average molecular weight is 274 g/mol. The Labute approximate surface area is 108 Å². The Kier molecular flexibility index (Phi) is 4.19. The maximum Gasteiger partial charge on any atom is 0.260 e. The molecule has 18 heavy (non-hydrogen) atoms. The second-order valence-corrected chi connectivity index (χ2v) is 7.17. The number of aromatic amines is 1. The molecule has 0 aliphatic carbocycles. The largest absolute Gasteiger partial charge is 0.326 e. The van der Waals surface area contributed by atoms with Crippen molar-refractivity contribution < 1.29 is 8.42 Å². The first-order valence-electron chi connectivity index (χ1n) is 5.86. The van der Waals surface area contributed by atoms with Crippen LogP contribution in [0.15, 0.2) is 5.03 Å². The average Bonchev–Trinajstić information content (AvgIpc) is 2.57. The molecule has 0 saturated carbocycles. The van der Waals surface area contributed by atoms with Crippen molar-refractivity contribution in [3.05, 3.63) is 11.3 Å². The van der Waals surface area contributed by atoms with Gasteiger partial charge in [-0.25, -0.2) is 13.1 Å². The third-order valence-corrected chi connectivity index (χ3v) is 4.64. The molecule has 4 N–H and O–H groups in total. The van der Waals surface area contributed by atoms with E-state index in [-0.39, 0.29) is 23.0 Å². The Morgan fingerprint density at radius 2 is 2.00 bits per heavy atom. The van der Waals surface area contributed by atoms with Crippen LogP contribution >= 0.6 is 0 Å². The normalized spacial score (nSPS) is 14.8. The summed E-state index contributed by atoms with van der Waals surface area (Å²) in [5, 5.41) is 6.49. The first-order valence-corrected chi connectivity index (χ1v) is 7.34. The van der Waals surface area contributed by atoms with Crippen molar-refractivity contribution in [2.45, 2.75) is 52.2 Å². The second-order valence-electron chi connectivity index (χ2n) is 5.55. The van der Waals surface area contributed by atoms with E-state index in [1.54, 1.807) is 6.92 Å². The number of nitrogens with one attached hydrogen (secondary N) is 2. The van der Waals surface area contributed by atoms with Gasteiger partial charge in [-0.05, 0) is 19.3 Å². The van der Waals surface area contributed by atoms with Gasteiger partial charge < -0.3 is 5.73 Å². The SMILES string of the molecule is Cc1[nH]nc(S(=O)(=O)NC(C)C(C)(C)C)c1CN. The molecule has 0 aromatic carbocycles. The Hall–Kier alpha value is -0.920. The minimum atomic E-state index is -3.64. The van der Waals surface area contributed by atoms with Crippen LogP contribution in [0.25, 0.3) is 0 Å². The highest BCUT2D eigenvalue weighted by molar-refractivity contribution is 7.89. The van der Waals surface area contributed by atoms with Gasteiger partial charge in [0.25, 0.3) is 10.0 Å². The zero-order valence-corrected chi connectivity index (χ0v) is 12.4. The summed E-state index contributed by atoms with van der Waals surface area (Å²) in [6.45, 7) is 9.64. The molecule has 0 saturated heterocycles. The summed E-state index contributed by atoms with van der Waals surface area (Å²) in [4.78, 5) is 0. The summed E-state index contributed by atoms with van der Waals surface area (Å²) in [6.07, 6.45) is 0. The highest BCUT2D eigenvalue weighted by Gasteiger charge is 2.29. The van der Waals surface area contributed by atoms with E-state index in [4.69, 9.17) is 5.73 Å². The number of hydrogen-bond acceptors (Lipinski definition) is 4. The monoisotopic (exact) mass is 274 g/mol. The lowest BCUT2D eigenvalue weighted by molar-refractivity contribution is 0.317. The van der Waals surface area contributed by atoms with Crippen LogP contribution in [0, 0.1) is 12.3 Å². The first kappa shape index (κ1) is 15.1. The third kappa shape index (κ3) is 3.09. The van der Waals surface area contributed by atoms with E-state index in [1.165, 1.54) is 0 Å². The fourth-order valence-corrected chi connectivity index (χ4v) is 3.02. The zero-order valence-electron chi connectivity index (χ0n) is 11.5. The minimum absolute atomic E-state index is 0.00130. The molecule has 104 valence electrons. The number of sulfonamides is 1. The van der Waals surface area contributed by atoms with E-state index in [0.717, 1.165) is 0 Å². The van der Waals surface area contributed by atoms with Crippen molar-refractivity contribution in [2.24, 2.45) is 11.1 Å². The molecule has 1 heterocycles. The van der Waals surface area contributed by atoms with Crippen LogP contribution in [0.3, 0.4) is 0 Å². The summed E-state index contributed by atoms with van der Waals surface area (Å²) in [6, 6.07) is -0.204. The first-order chi connectivity index (χ1) is 8.09. The van der Waals surface area contributed by atoms with Gasteiger partial charge in [-0.2, -0.15) is 5.10 Å². The van der Waals surface area contributed by atoms with Crippen molar-refractivity contribution in [1.82, 2.24) is 14.9 Å². The fourth-order valence-electron chi connectivity index (χ4n) is 1.36. The van der Waals surface area contributed by atoms with Crippen LogP contribution in [0.5, 0.6) is 0 Å². The van der Waals surface area contributed by atoms with Crippen molar-refractivity contribution in [3.8, 4) is 0 Å². The smallest absolute Gasteiger partial charge is 0.260 e. The molecule has 6 nitrogen and oxygen atoms in total. The van der Waals surface area contributed by atoms with Gasteiger partial charge in [-0.1, -0.05) is 20.8 Å². The number of nitrogens with two attached hydrogens (primary N) is 1. The Morgan fingerprint density at radius 1 is 1.44 bits per heavy atom. The van der Waals surface area contributed by atoms with Crippen LogP contribution in [0.4, 0.5) is 0 Å². The fraction of sp³-hybridized carbons (Fsp3) is 0.727. The van der Waals surface area contributed by atoms with Crippen molar-refractivity contribution >= 4 is 10.0 Å². The van der Waals surface area contributed by atoms with Gasteiger partial charge in [-0.3, -0.25) is 5.10 Å². The Morgan fingerprint density at radius 3 is 2.44 bits per heavy atom. The number of aromatic nitrogens is 2. The van der Waals surface area contributed by atoms with Crippen LogP contribution < -0.4 is 10.5 Å². The lowest BCUT2D eigenvalue weighted by Crippen LogP contribution is -2.41. The minimum Gasteiger partial charge on any atom is -0.326 e.